The highest BCUT2D eigenvalue weighted by Crippen LogP contribution is 2.11. The maximum absolute atomic E-state index is 12.9. The second kappa shape index (κ2) is 7.53. The molecule has 0 saturated carbocycles. The number of nitrogens with two attached hydrogens (primary N) is 1. The topological polar surface area (TPSA) is 50.8 Å². The van der Waals surface area contributed by atoms with Crippen LogP contribution in [0.4, 0.5) is 4.39 Å². The summed E-state index contributed by atoms with van der Waals surface area (Å²) in [5.74, 6) is 0.716. The lowest BCUT2D eigenvalue weighted by atomic mass is 10.3. The molecule has 0 aliphatic rings. The van der Waals surface area contributed by atoms with E-state index in [9.17, 15) is 4.39 Å². The normalized spacial score (nSPS) is 11.4. The van der Waals surface area contributed by atoms with E-state index in [1.807, 2.05) is 18.7 Å². The minimum atomic E-state index is -0.307. The first-order valence-electron chi connectivity index (χ1n) is 6.10. The van der Waals surface area contributed by atoms with Gasteiger partial charge in [-0.2, -0.15) is 0 Å². The molecule has 100 valence electrons. The van der Waals surface area contributed by atoms with Crippen molar-refractivity contribution in [2.45, 2.75) is 13.8 Å². The van der Waals surface area contributed by atoms with E-state index in [1.54, 1.807) is 12.1 Å². The molecule has 4 nitrogen and oxygen atoms in total. The van der Waals surface area contributed by atoms with Gasteiger partial charge in [-0.15, -0.1) is 0 Å². The lowest BCUT2D eigenvalue weighted by molar-refractivity contribution is 0.325. The highest BCUT2D eigenvalue weighted by atomic mass is 19.1. The molecule has 1 aromatic carbocycles. The number of hydrogen-bond acceptors (Lipinski definition) is 2. The quantitative estimate of drug-likeness (QED) is 0.478. The largest absolute Gasteiger partial charge is 0.492 e. The molecule has 0 aliphatic carbocycles. The van der Waals surface area contributed by atoms with Crippen LogP contribution in [0.3, 0.4) is 0 Å². The van der Waals surface area contributed by atoms with Crippen LogP contribution in [0.2, 0.25) is 0 Å². The highest BCUT2D eigenvalue weighted by molar-refractivity contribution is 5.77. The average Bonchev–Trinajstić information content (AvgIpc) is 2.36. The number of hydrogen-bond donors (Lipinski definition) is 1. The van der Waals surface area contributed by atoms with Crippen LogP contribution in [0.25, 0.3) is 0 Å². The number of benzene rings is 1. The fraction of sp³-hybridized carbons (Fsp3) is 0.462. The van der Waals surface area contributed by atoms with E-state index in [0.29, 0.717) is 24.9 Å². The van der Waals surface area contributed by atoms with Crippen molar-refractivity contribution in [2.24, 2.45) is 10.7 Å². The Labute approximate surface area is 107 Å². The van der Waals surface area contributed by atoms with Crippen molar-refractivity contribution in [2.75, 3.05) is 26.2 Å². The maximum atomic E-state index is 12.9. The molecule has 1 rings (SSSR count). The summed E-state index contributed by atoms with van der Waals surface area (Å²) in [5.41, 5.74) is 5.80. The van der Waals surface area contributed by atoms with Gasteiger partial charge < -0.3 is 15.4 Å². The summed E-state index contributed by atoms with van der Waals surface area (Å²) in [6.07, 6.45) is 0. The summed E-state index contributed by atoms with van der Waals surface area (Å²) >= 11 is 0. The molecule has 0 heterocycles. The van der Waals surface area contributed by atoms with Crippen molar-refractivity contribution in [1.29, 1.82) is 0 Å². The van der Waals surface area contributed by atoms with E-state index in [1.165, 1.54) is 12.1 Å². The third-order valence-corrected chi connectivity index (χ3v) is 2.52. The first-order chi connectivity index (χ1) is 8.67. The lowest BCUT2D eigenvalue weighted by Crippen LogP contribution is -2.37. The van der Waals surface area contributed by atoms with E-state index < -0.39 is 0 Å². The van der Waals surface area contributed by atoms with Crippen LogP contribution in [0.15, 0.2) is 29.3 Å². The van der Waals surface area contributed by atoms with E-state index in [0.717, 1.165) is 13.1 Å². The molecule has 0 atom stereocenters. The van der Waals surface area contributed by atoms with E-state index >= 15 is 0 Å². The smallest absolute Gasteiger partial charge is 0.191 e. The summed E-state index contributed by atoms with van der Waals surface area (Å²) in [5, 5.41) is 0. The Hall–Kier alpha value is -1.78. The monoisotopic (exact) mass is 253 g/mol. The summed E-state index contributed by atoms with van der Waals surface area (Å²) in [6.45, 7) is 6.54. The van der Waals surface area contributed by atoms with Crippen LogP contribution in [-0.4, -0.2) is 37.1 Å². The van der Waals surface area contributed by atoms with Crippen molar-refractivity contribution in [3.63, 3.8) is 0 Å². The van der Waals surface area contributed by atoms with Gasteiger partial charge in [0.05, 0.1) is 6.54 Å². The zero-order valence-electron chi connectivity index (χ0n) is 10.9. The van der Waals surface area contributed by atoms with Crippen molar-refractivity contribution in [1.82, 2.24) is 4.90 Å². The fourth-order valence-electron chi connectivity index (χ4n) is 1.53. The maximum Gasteiger partial charge on any atom is 0.191 e. The van der Waals surface area contributed by atoms with Gasteiger partial charge in [0.15, 0.2) is 5.96 Å². The van der Waals surface area contributed by atoms with Gasteiger partial charge in [0.1, 0.15) is 18.2 Å². The van der Waals surface area contributed by atoms with Crippen LogP contribution < -0.4 is 10.5 Å². The standard InChI is InChI=1S/C13H20FN3O/c1-3-17(4-2)13(15)16-8-9-18-12-7-5-6-11(14)10-12/h5-7,10H,3-4,8-9H2,1-2H3,(H2,15,16). The van der Waals surface area contributed by atoms with Crippen LogP contribution in [0, 0.1) is 5.82 Å². The van der Waals surface area contributed by atoms with Crippen molar-refractivity contribution in [3.8, 4) is 5.75 Å². The van der Waals surface area contributed by atoms with Crippen molar-refractivity contribution >= 4 is 5.96 Å². The van der Waals surface area contributed by atoms with Gasteiger partial charge in [-0.05, 0) is 26.0 Å². The third kappa shape index (κ3) is 4.61. The SMILES string of the molecule is CCN(CC)C(N)=NCCOc1cccc(F)c1. The predicted molar refractivity (Wildman–Crippen MR) is 71.3 cm³/mol. The van der Waals surface area contributed by atoms with Crippen molar-refractivity contribution in [3.05, 3.63) is 30.1 Å². The zero-order valence-corrected chi connectivity index (χ0v) is 10.9. The molecule has 1 aromatic rings. The molecule has 0 unspecified atom stereocenters. The van der Waals surface area contributed by atoms with Gasteiger partial charge >= 0.3 is 0 Å². The molecule has 0 aliphatic heterocycles. The predicted octanol–water partition coefficient (Wildman–Crippen LogP) is 1.86. The highest BCUT2D eigenvalue weighted by Gasteiger charge is 2.01. The number of nitrogens with zero attached hydrogens (tertiary/aromatic N) is 2. The number of guanidine groups is 1. The molecule has 0 spiro atoms. The number of aliphatic imine (C=N–C) groups is 1. The molecule has 0 bridgehead atoms. The van der Waals surface area contributed by atoms with Gasteiger partial charge in [-0.1, -0.05) is 6.07 Å². The second-order valence-electron chi connectivity index (χ2n) is 3.72. The minimum absolute atomic E-state index is 0.307. The van der Waals surface area contributed by atoms with Crippen molar-refractivity contribution < 1.29 is 9.13 Å². The van der Waals surface area contributed by atoms with Gasteiger partial charge in [0.25, 0.3) is 0 Å². The Bertz CT molecular complexity index is 392. The fourth-order valence-corrected chi connectivity index (χ4v) is 1.53. The Morgan fingerprint density at radius 1 is 1.39 bits per heavy atom. The first-order valence-corrected chi connectivity index (χ1v) is 6.10. The Morgan fingerprint density at radius 2 is 2.11 bits per heavy atom. The van der Waals surface area contributed by atoms with Crippen LogP contribution in [0.5, 0.6) is 5.75 Å². The van der Waals surface area contributed by atoms with E-state index in [-0.39, 0.29) is 5.82 Å². The van der Waals surface area contributed by atoms with Gasteiger partial charge in [0.2, 0.25) is 0 Å². The minimum Gasteiger partial charge on any atom is -0.492 e. The van der Waals surface area contributed by atoms with E-state index in [2.05, 4.69) is 4.99 Å². The summed E-state index contributed by atoms with van der Waals surface area (Å²) in [4.78, 5) is 6.17. The molecular weight excluding hydrogens is 233 g/mol. The molecule has 0 aromatic heterocycles. The van der Waals surface area contributed by atoms with Gasteiger partial charge in [0, 0.05) is 19.2 Å². The van der Waals surface area contributed by atoms with Gasteiger partial charge in [-0.3, -0.25) is 0 Å². The zero-order chi connectivity index (χ0) is 13.4. The molecule has 2 N–H and O–H groups in total. The summed E-state index contributed by atoms with van der Waals surface area (Å²) in [6, 6.07) is 6.04. The molecule has 0 fully saturated rings. The average molecular weight is 253 g/mol. The molecule has 0 radical (unpaired) electrons. The van der Waals surface area contributed by atoms with E-state index in [4.69, 9.17) is 10.5 Å². The summed E-state index contributed by atoms with van der Waals surface area (Å²) < 4.78 is 18.2. The lowest BCUT2D eigenvalue weighted by Gasteiger charge is -2.19. The van der Waals surface area contributed by atoms with Crippen LogP contribution >= 0.6 is 0 Å². The Balaban J connectivity index is 2.36. The third-order valence-electron chi connectivity index (χ3n) is 2.52. The Kier molecular flexibility index (Phi) is 5.97. The first kappa shape index (κ1) is 14.3. The molecule has 0 amide bonds. The number of rotatable bonds is 6. The van der Waals surface area contributed by atoms with Crippen LogP contribution in [0.1, 0.15) is 13.8 Å². The van der Waals surface area contributed by atoms with Gasteiger partial charge in [-0.25, -0.2) is 9.38 Å². The molecular formula is C13H20FN3O. The number of ether oxygens (including phenoxy) is 1. The molecule has 5 heteroatoms. The number of halogens is 1. The Morgan fingerprint density at radius 3 is 2.72 bits per heavy atom. The van der Waals surface area contributed by atoms with Crippen LogP contribution in [-0.2, 0) is 0 Å². The molecule has 0 saturated heterocycles. The second-order valence-corrected chi connectivity index (χ2v) is 3.72. The molecule has 18 heavy (non-hydrogen) atoms. The summed E-state index contributed by atoms with van der Waals surface area (Å²) in [7, 11) is 0.